The fourth-order valence-corrected chi connectivity index (χ4v) is 4.10. The number of nitrogens with one attached hydrogen (secondary N) is 2. The molecule has 2 aromatic rings. The molecule has 1 heterocycles. The van der Waals surface area contributed by atoms with Crippen LogP contribution in [0.25, 0.3) is 0 Å². The maximum absolute atomic E-state index is 12.6. The highest BCUT2D eigenvalue weighted by Crippen LogP contribution is 2.16. The Kier molecular flexibility index (Phi) is 9.57. The van der Waals surface area contributed by atoms with Crippen molar-refractivity contribution in [1.82, 2.24) is 15.6 Å². The number of aliphatic hydroxyl groups excluding tert-OH is 2. The van der Waals surface area contributed by atoms with E-state index in [2.05, 4.69) is 15.6 Å². The summed E-state index contributed by atoms with van der Waals surface area (Å²) >= 11 is 2.72. The summed E-state index contributed by atoms with van der Waals surface area (Å²) in [6.07, 6.45) is 0.110. The van der Waals surface area contributed by atoms with Gasteiger partial charge in [-0.2, -0.15) is 11.8 Å². The molecule has 10 heteroatoms. The van der Waals surface area contributed by atoms with Crippen LogP contribution < -0.4 is 16.4 Å². The predicted molar refractivity (Wildman–Crippen MR) is 121 cm³/mol. The number of carbonyl (C=O) groups is 2. The van der Waals surface area contributed by atoms with Crippen LogP contribution in [-0.2, 0) is 11.2 Å². The van der Waals surface area contributed by atoms with Gasteiger partial charge in [0.15, 0.2) is 5.13 Å². The quantitative estimate of drug-likeness (QED) is 0.343. The maximum Gasteiger partial charge on any atom is 0.271 e. The molecule has 0 unspecified atom stereocenters. The molecule has 164 valence electrons. The van der Waals surface area contributed by atoms with Gasteiger partial charge in [-0.15, -0.1) is 11.3 Å². The Morgan fingerprint density at radius 1 is 1.17 bits per heavy atom. The van der Waals surface area contributed by atoms with Gasteiger partial charge in [0.25, 0.3) is 5.91 Å². The summed E-state index contributed by atoms with van der Waals surface area (Å²) in [7, 11) is 0. The van der Waals surface area contributed by atoms with Crippen molar-refractivity contribution in [2.24, 2.45) is 0 Å². The normalized spacial score (nSPS) is 15.1. The predicted octanol–water partition coefficient (Wildman–Crippen LogP) is 1.05. The van der Waals surface area contributed by atoms with Crippen molar-refractivity contribution in [3.63, 3.8) is 0 Å². The van der Waals surface area contributed by atoms with Gasteiger partial charge in [0, 0.05) is 12.3 Å². The average molecular weight is 453 g/mol. The minimum absolute atomic E-state index is 0.151. The van der Waals surface area contributed by atoms with Crippen LogP contribution in [-0.4, -0.2) is 63.3 Å². The van der Waals surface area contributed by atoms with Gasteiger partial charge in [-0.25, -0.2) is 4.98 Å². The molecule has 0 saturated heterocycles. The first kappa shape index (κ1) is 24.1. The van der Waals surface area contributed by atoms with E-state index in [1.54, 1.807) is 11.8 Å². The number of aliphatic hydroxyl groups is 2. The average Bonchev–Trinajstić information content (AvgIpc) is 3.16. The number of nitrogen functional groups attached to an aromatic ring is 1. The van der Waals surface area contributed by atoms with Crippen molar-refractivity contribution >= 4 is 40.0 Å². The Balaban J connectivity index is 2.21. The molecule has 0 radical (unpaired) electrons. The lowest BCUT2D eigenvalue weighted by Gasteiger charge is -2.32. The minimum Gasteiger partial charge on any atom is -0.388 e. The molecule has 30 heavy (non-hydrogen) atoms. The zero-order chi connectivity index (χ0) is 22.1. The lowest BCUT2D eigenvalue weighted by atomic mass is 9.93. The van der Waals surface area contributed by atoms with Crippen LogP contribution in [0.15, 0.2) is 35.7 Å². The molecule has 0 spiro atoms. The van der Waals surface area contributed by atoms with Crippen LogP contribution in [0.4, 0.5) is 5.13 Å². The van der Waals surface area contributed by atoms with Gasteiger partial charge in [-0.05, 0) is 30.4 Å². The first-order chi connectivity index (χ1) is 14.3. The molecule has 2 rings (SSSR count). The van der Waals surface area contributed by atoms with E-state index in [1.165, 1.54) is 12.3 Å². The molecular weight excluding hydrogens is 424 g/mol. The van der Waals surface area contributed by atoms with Gasteiger partial charge in [0.2, 0.25) is 5.91 Å². The Bertz CT molecular complexity index is 818. The summed E-state index contributed by atoms with van der Waals surface area (Å²) in [6, 6.07) is 7.89. The molecule has 6 N–H and O–H groups in total. The Morgan fingerprint density at radius 2 is 1.83 bits per heavy atom. The first-order valence-corrected chi connectivity index (χ1v) is 11.8. The summed E-state index contributed by atoms with van der Waals surface area (Å²) in [5, 5.41) is 29.0. The third kappa shape index (κ3) is 7.28. The lowest BCUT2D eigenvalue weighted by molar-refractivity contribution is -0.121. The smallest absolute Gasteiger partial charge is 0.271 e. The molecule has 0 aliphatic heterocycles. The zero-order valence-electron chi connectivity index (χ0n) is 16.9. The summed E-state index contributed by atoms with van der Waals surface area (Å²) in [6.45, 7) is 1.36. The molecule has 8 nitrogen and oxygen atoms in total. The molecule has 4 atom stereocenters. The molecular formula is C20H28N4O4S2. The summed E-state index contributed by atoms with van der Waals surface area (Å²) < 4.78 is 0. The highest BCUT2D eigenvalue weighted by atomic mass is 32.2. The van der Waals surface area contributed by atoms with E-state index in [9.17, 15) is 19.8 Å². The number of amides is 2. The molecule has 1 aromatic carbocycles. The highest BCUT2D eigenvalue weighted by Gasteiger charge is 2.34. The standard InChI is InChI=1S/C20H28N4O4S2/c1-12(25)22-14(8-9-29-2)17(26)18(27)15(10-13-6-4-3-5-7-13)23-19(28)16-11-30-20(21)24-16/h3-7,11,14-15,17-18,26-27H,8-10H2,1-2H3,(H2,21,24)(H,22,25)(H,23,28)/t14-,15+,17-,18-/m1/s1. The van der Waals surface area contributed by atoms with Gasteiger partial charge < -0.3 is 26.6 Å². The summed E-state index contributed by atoms with van der Waals surface area (Å²) in [4.78, 5) is 28.2. The van der Waals surface area contributed by atoms with Crippen LogP contribution >= 0.6 is 23.1 Å². The topological polar surface area (TPSA) is 138 Å². The third-order valence-electron chi connectivity index (χ3n) is 4.57. The monoisotopic (exact) mass is 452 g/mol. The van der Waals surface area contributed by atoms with Crippen molar-refractivity contribution < 1.29 is 19.8 Å². The number of rotatable bonds is 11. The second kappa shape index (κ2) is 11.9. The number of thioether (sulfide) groups is 1. The van der Waals surface area contributed by atoms with E-state index in [0.717, 1.165) is 16.9 Å². The largest absolute Gasteiger partial charge is 0.388 e. The van der Waals surface area contributed by atoms with E-state index in [-0.39, 0.29) is 16.7 Å². The van der Waals surface area contributed by atoms with Crippen molar-refractivity contribution in [3.05, 3.63) is 47.0 Å². The number of benzene rings is 1. The second-order valence-corrected chi connectivity index (χ2v) is 8.79. The van der Waals surface area contributed by atoms with Crippen LogP contribution in [0, 0.1) is 0 Å². The van der Waals surface area contributed by atoms with Crippen LogP contribution in [0.2, 0.25) is 0 Å². The minimum atomic E-state index is -1.32. The number of nitrogens with zero attached hydrogens (tertiary/aromatic N) is 1. The van der Waals surface area contributed by atoms with E-state index in [0.29, 0.717) is 18.6 Å². The summed E-state index contributed by atoms with van der Waals surface area (Å²) in [5.41, 5.74) is 6.64. The second-order valence-electron chi connectivity index (χ2n) is 6.91. The zero-order valence-corrected chi connectivity index (χ0v) is 18.6. The number of hydrogen-bond donors (Lipinski definition) is 5. The fourth-order valence-electron chi connectivity index (χ4n) is 3.07. The summed E-state index contributed by atoms with van der Waals surface area (Å²) in [5.74, 6) is -0.0908. The van der Waals surface area contributed by atoms with Crippen molar-refractivity contribution in [2.45, 2.75) is 44.1 Å². The van der Waals surface area contributed by atoms with Gasteiger partial charge in [0.05, 0.1) is 12.1 Å². The molecule has 0 aliphatic carbocycles. The van der Waals surface area contributed by atoms with E-state index < -0.39 is 30.2 Å². The van der Waals surface area contributed by atoms with Gasteiger partial charge >= 0.3 is 0 Å². The van der Waals surface area contributed by atoms with E-state index in [4.69, 9.17) is 5.73 Å². The number of carbonyl (C=O) groups excluding carboxylic acids is 2. The van der Waals surface area contributed by atoms with Gasteiger partial charge in [0.1, 0.15) is 17.9 Å². The Morgan fingerprint density at radius 3 is 2.40 bits per heavy atom. The SMILES string of the molecule is CSCC[C@@H](NC(C)=O)[C@@H](O)[C@H](O)[C@H](Cc1ccccc1)NC(=O)c1csc(N)n1. The lowest BCUT2D eigenvalue weighted by Crippen LogP contribution is -2.56. The first-order valence-electron chi connectivity index (χ1n) is 9.49. The van der Waals surface area contributed by atoms with Gasteiger partial charge in [-0.3, -0.25) is 9.59 Å². The third-order valence-corrected chi connectivity index (χ3v) is 5.88. The number of hydrogen-bond acceptors (Lipinski definition) is 8. The number of anilines is 1. The van der Waals surface area contributed by atoms with Crippen LogP contribution in [0.1, 0.15) is 29.4 Å². The van der Waals surface area contributed by atoms with Crippen molar-refractivity contribution in [3.8, 4) is 0 Å². The maximum atomic E-state index is 12.6. The molecule has 2 amide bonds. The number of thiazole rings is 1. The molecule has 1 aromatic heterocycles. The molecule has 0 bridgehead atoms. The van der Waals surface area contributed by atoms with Crippen LogP contribution in [0.5, 0.6) is 0 Å². The van der Waals surface area contributed by atoms with Crippen molar-refractivity contribution in [1.29, 1.82) is 0 Å². The number of aromatic nitrogens is 1. The Labute approximate surface area is 184 Å². The van der Waals surface area contributed by atoms with E-state index >= 15 is 0 Å². The molecule has 0 aliphatic rings. The molecule has 0 fully saturated rings. The Hall–Kier alpha value is -2.14. The van der Waals surface area contributed by atoms with Gasteiger partial charge in [-0.1, -0.05) is 30.3 Å². The fraction of sp³-hybridized carbons (Fsp3) is 0.450. The van der Waals surface area contributed by atoms with Crippen LogP contribution in [0.3, 0.4) is 0 Å². The molecule has 0 saturated carbocycles. The van der Waals surface area contributed by atoms with Crippen molar-refractivity contribution in [2.75, 3.05) is 17.7 Å². The number of nitrogens with two attached hydrogens (primary N) is 1. The van der Waals surface area contributed by atoms with E-state index in [1.807, 2.05) is 36.6 Å². The highest BCUT2D eigenvalue weighted by molar-refractivity contribution is 7.98.